The summed E-state index contributed by atoms with van der Waals surface area (Å²) in [4.78, 5) is 25.4. The Bertz CT molecular complexity index is 1650. The number of aromatic nitrogens is 2. The number of nitrogens with zero attached hydrogens (tertiary/aromatic N) is 3. The standard InChI is InChI=1S/C27H18ClFN4O3S/c28-24-20-9-2-4-11-23(20)37-25(24)27(35)36-19-8-5-6-17(14-19)15-30-31-26(34)22-12-13-33(32-22)16-18-7-1-3-10-21(18)29/h1-15H,16H2,(H,31,34). The number of nitrogens with one attached hydrogen (secondary N) is 1. The molecule has 0 aliphatic carbocycles. The van der Waals surface area contributed by atoms with Gasteiger partial charge in [-0.2, -0.15) is 10.2 Å². The molecule has 37 heavy (non-hydrogen) atoms. The van der Waals surface area contributed by atoms with Crippen molar-refractivity contribution in [3.63, 3.8) is 0 Å². The second-order valence-electron chi connectivity index (χ2n) is 7.89. The molecule has 0 unspecified atom stereocenters. The van der Waals surface area contributed by atoms with Gasteiger partial charge in [-0.05, 0) is 35.9 Å². The van der Waals surface area contributed by atoms with Gasteiger partial charge in [0.1, 0.15) is 16.4 Å². The number of amides is 1. The van der Waals surface area contributed by atoms with Gasteiger partial charge in [-0.3, -0.25) is 9.48 Å². The summed E-state index contributed by atoms with van der Waals surface area (Å²) < 4.78 is 21.7. The Morgan fingerprint density at radius 2 is 1.89 bits per heavy atom. The Labute approximate surface area is 219 Å². The van der Waals surface area contributed by atoms with Gasteiger partial charge in [0.25, 0.3) is 5.91 Å². The van der Waals surface area contributed by atoms with Gasteiger partial charge in [-0.25, -0.2) is 14.6 Å². The summed E-state index contributed by atoms with van der Waals surface area (Å²) in [5, 5.41) is 9.28. The van der Waals surface area contributed by atoms with E-state index in [1.807, 2.05) is 24.3 Å². The highest BCUT2D eigenvalue weighted by Crippen LogP contribution is 2.35. The third kappa shape index (κ3) is 5.58. The average Bonchev–Trinajstić information content (AvgIpc) is 3.50. The van der Waals surface area contributed by atoms with E-state index < -0.39 is 11.9 Å². The number of hydrogen-bond acceptors (Lipinski definition) is 6. The molecule has 10 heteroatoms. The Morgan fingerprint density at radius 3 is 2.73 bits per heavy atom. The quantitative estimate of drug-likeness (QED) is 0.122. The Balaban J connectivity index is 1.20. The number of fused-ring (bicyclic) bond motifs is 1. The fraction of sp³-hybridized carbons (Fsp3) is 0.0370. The fourth-order valence-corrected chi connectivity index (χ4v) is 4.94. The Morgan fingerprint density at radius 1 is 1.08 bits per heavy atom. The molecule has 0 bridgehead atoms. The van der Waals surface area contributed by atoms with Crippen LogP contribution < -0.4 is 10.2 Å². The minimum absolute atomic E-state index is 0.136. The number of rotatable bonds is 7. The van der Waals surface area contributed by atoms with E-state index in [0.29, 0.717) is 26.8 Å². The van der Waals surface area contributed by atoms with Gasteiger partial charge in [-0.1, -0.05) is 60.1 Å². The number of esters is 1. The van der Waals surface area contributed by atoms with Crippen LogP contribution in [0.3, 0.4) is 0 Å². The second-order valence-corrected chi connectivity index (χ2v) is 9.32. The van der Waals surface area contributed by atoms with Crippen molar-refractivity contribution in [2.24, 2.45) is 5.10 Å². The van der Waals surface area contributed by atoms with Gasteiger partial charge < -0.3 is 4.74 Å². The van der Waals surface area contributed by atoms with Gasteiger partial charge >= 0.3 is 5.97 Å². The molecule has 184 valence electrons. The minimum Gasteiger partial charge on any atom is -0.422 e. The molecule has 0 saturated heterocycles. The Hall–Kier alpha value is -4.34. The normalized spacial score (nSPS) is 11.2. The molecule has 2 heterocycles. The topological polar surface area (TPSA) is 85.6 Å². The third-order valence-corrected chi connectivity index (χ3v) is 6.99. The number of benzene rings is 3. The van der Waals surface area contributed by atoms with E-state index in [2.05, 4.69) is 15.6 Å². The maximum atomic E-state index is 13.8. The van der Waals surface area contributed by atoms with Crippen molar-refractivity contribution >= 4 is 51.1 Å². The van der Waals surface area contributed by atoms with Crippen LogP contribution in [-0.2, 0) is 6.54 Å². The third-order valence-electron chi connectivity index (χ3n) is 5.33. The van der Waals surface area contributed by atoms with Crippen molar-refractivity contribution < 1.29 is 18.7 Å². The summed E-state index contributed by atoms with van der Waals surface area (Å²) in [6, 6.07) is 22.0. The lowest BCUT2D eigenvalue weighted by atomic mass is 10.2. The molecule has 0 atom stereocenters. The fourth-order valence-electron chi connectivity index (χ4n) is 3.55. The van der Waals surface area contributed by atoms with Crippen LogP contribution in [-0.4, -0.2) is 27.9 Å². The number of carbonyl (C=O) groups is 2. The molecule has 0 aliphatic rings. The monoisotopic (exact) mass is 532 g/mol. The molecule has 0 fully saturated rings. The van der Waals surface area contributed by atoms with Crippen LogP contribution in [0.1, 0.15) is 31.3 Å². The van der Waals surface area contributed by atoms with Crippen LogP contribution in [0.25, 0.3) is 10.1 Å². The lowest BCUT2D eigenvalue weighted by Crippen LogP contribution is -2.18. The highest BCUT2D eigenvalue weighted by atomic mass is 35.5. The van der Waals surface area contributed by atoms with E-state index in [1.54, 1.807) is 48.7 Å². The van der Waals surface area contributed by atoms with E-state index in [4.69, 9.17) is 16.3 Å². The minimum atomic E-state index is -0.556. The molecule has 3 aromatic carbocycles. The van der Waals surface area contributed by atoms with Crippen LogP contribution in [0.4, 0.5) is 4.39 Å². The lowest BCUT2D eigenvalue weighted by molar-refractivity contribution is 0.0739. The van der Waals surface area contributed by atoms with Crippen molar-refractivity contribution in [2.45, 2.75) is 6.54 Å². The van der Waals surface area contributed by atoms with Crippen molar-refractivity contribution in [2.75, 3.05) is 0 Å². The molecule has 1 N–H and O–H groups in total. The average molecular weight is 533 g/mol. The zero-order valence-electron chi connectivity index (χ0n) is 19.1. The van der Waals surface area contributed by atoms with Crippen LogP contribution in [0, 0.1) is 5.82 Å². The predicted octanol–water partition coefficient (Wildman–Crippen LogP) is 5.92. The van der Waals surface area contributed by atoms with E-state index >= 15 is 0 Å². The van der Waals surface area contributed by atoms with Gasteiger partial charge in [0.05, 0.1) is 17.8 Å². The first-order chi connectivity index (χ1) is 18.0. The van der Waals surface area contributed by atoms with Crippen LogP contribution in [0.2, 0.25) is 5.02 Å². The molecule has 5 rings (SSSR count). The number of thiophene rings is 1. The van der Waals surface area contributed by atoms with E-state index in [-0.39, 0.29) is 18.1 Å². The van der Waals surface area contributed by atoms with Crippen molar-refractivity contribution in [1.82, 2.24) is 15.2 Å². The second kappa shape index (κ2) is 10.7. The van der Waals surface area contributed by atoms with Crippen LogP contribution in [0.5, 0.6) is 5.75 Å². The summed E-state index contributed by atoms with van der Waals surface area (Å²) in [7, 11) is 0. The summed E-state index contributed by atoms with van der Waals surface area (Å²) >= 11 is 7.64. The molecule has 0 spiro atoms. The van der Waals surface area contributed by atoms with E-state index in [9.17, 15) is 14.0 Å². The summed E-state index contributed by atoms with van der Waals surface area (Å²) in [5.74, 6) is -1.11. The lowest BCUT2D eigenvalue weighted by Gasteiger charge is -2.04. The largest absolute Gasteiger partial charge is 0.422 e. The number of hydrogen-bond donors (Lipinski definition) is 1. The molecular formula is C27H18ClFN4O3S. The van der Waals surface area contributed by atoms with Crippen molar-refractivity contribution in [1.29, 1.82) is 0 Å². The van der Waals surface area contributed by atoms with Gasteiger partial charge in [0.15, 0.2) is 5.69 Å². The molecule has 0 saturated carbocycles. The number of halogens is 2. The number of ether oxygens (including phenoxy) is 1. The maximum absolute atomic E-state index is 13.8. The maximum Gasteiger partial charge on any atom is 0.355 e. The first kappa shape index (κ1) is 24.4. The molecule has 2 aromatic heterocycles. The zero-order chi connectivity index (χ0) is 25.8. The smallest absolute Gasteiger partial charge is 0.355 e. The molecule has 7 nitrogen and oxygen atoms in total. The number of hydrazone groups is 1. The zero-order valence-corrected chi connectivity index (χ0v) is 20.7. The highest BCUT2D eigenvalue weighted by molar-refractivity contribution is 7.21. The summed E-state index contributed by atoms with van der Waals surface area (Å²) in [5.41, 5.74) is 3.60. The molecule has 1 amide bonds. The van der Waals surface area contributed by atoms with Gasteiger partial charge in [0.2, 0.25) is 0 Å². The SMILES string of the molecule is O=C(NN=Cc1cccc(OC(=O)c2sc3ccccc3c2Cl)c1)c1ccn(Cc2ccccc2F)n1. The van der Waals surface area contributed by atoms with Crippen molar-refractivity contribution in [3.8, 4) is 5.75 Å². The highest BCUT2D eigenvalue weighted by Gasteiger charge is 2.19. The van der Waals surface area contributed by atoms with Gasteiger partial charge in [-0.15, -0.1) is 11.3 Å². The van der Waals surface area contributed by atoms with Crippen LogP contribution >= 0.6 is 22.9 Å². The van der Waals surface area contributed by atoms with Crippen molar-refractivity contribution in [3.05, 3.63) is 118 Å². The molecule has 0 radical (unpaired) electrons. The molecule has 5 aromatic rings. The van der Waals surface area contributed by atoms with Gasteiger partial charge in [0, 0.05) is 21.8 Å². The van der Waals surface area contributed by atoms with E-state index in [1.165, 1.54) is 34.4 Å². The Kier molecular flexibility index (Phi) is 7.07. The first-order valence-corrected chi connectivity index (χ1v) is 12.3. The molecule has 0 aliphatic heterocycles. The summed E-state index contributed by atoms with van der Waals surface area (Å²) in [6.45, 7) is 0.196. The first-order valence-electron chi connectivity index (χ1n) is 11.1. The predicted molar refractivity (Wildman–Crippen MR) is 141 cm³/mol. The molecular weight excluding hydrogens is 515 g/mol. The number of carbonyl (C=O) groups excluding carboxylic acids is 2. The van der Waals surface area contributed by atoms with E-state index in [0.717, 1.165) is 10.1 Å². The summed E-state index contributed by atoms with van der Waals surface area (Å²) in [6.07, 6.45) is 3.00. The van der Waals surface area contributed by atoms with Crippen LogP contribution in [0.15, 0.2) is 90.2 Å².